The number of rotatable bonds is 11. The fourth-order valence-electron chi connectivity index (χ4n) is 7.53. The van der Waals surface area contributed by atoms with Gasteiger partial charge in [-0.05, 0) is 106 Å². The summed E-state index contributed by atoms with van der Waals surface area (Å²) in [5.41, 5.74) is 15.5. The lowest BCUT2D eigenvalue weighted by molar-refractivity contribution is 0.838. The molecule has 0 aliphatic carbocycles. The highest BCUT2D eigenvalue weighted by molar-refractivity contribution is 5.79. The normalized spacial score (nSPS) is 11.7. The Bertz CT molecular complexity index is 2120. The first-order valence-electron chi connectivity index (χ1n) is 19.0. The molecule has 5 aromatic carbocycles. The van der Waals surface area contributed by atoms with E-state index < -0.39 is 0 Å². The van der Waals surface area contributed by atoms with Crippen molar-refractivity contribution >= 4 is 17.1 Å². The van der Waals surface area contributed by atoms with E-state index in [9.17, 15) is 0 Å². The fraction of sp³-hybridized carbons (Fsp3) is 0.250. The zero-order valence-corrected chi connectivity index (χ0v) is 32.3. The molecular weight excluding hydrogens is 647 g/mol. The number of anilines is 3. The number of hydrogen-bond donors (Lipinski definition) is 0. The topological polar surface area (TPSA) is 38.9 Å². The van der Waals surface area contributed by atoms with Crippen LogP contribution in [-0.2, 0) is 0 Å². The third-order valence-corrected chi connectivity index (χ3v) is 10.2. The fourth-order valence-corrected chi connectivity index (χ4v) is 7.53. The minimum Gasteiger partial charge on any atom is -0.310 e. The summed E-state index contributed by atoms with van der Waals surface area (Å²) >= 11 is 0. The van der Waals surface area contributed by atoms with E-state index in [0.717, 1.165) is 39.6 Å². The molecule has 5 heteroatoms. The quantitative estimate of drug-likeness (QED) is 0.135. The van der Waals surface area contributed by atoms with Gasteiger partial charge in [-0.3, -0.25) is 0 Å². The molecule has 0 aliphatic heterocycles. The Hall–Kier alpha value is -5.68. The lowest BCUT2D eigenvalue weighted by Gasteiger charge is -2.26. The van der Waals surface area contributed by atoms with Crippen LogP contribution in [0.4, 0.5) is 17.1 Å². The van der Waals surface area contributed by atoms with Crippen LogP contribution in [-0.4, -0.2) is 19.6 Å². The molecule has 0 spiro atoms. The van der Waals surface area contributed by atoms with Crippen molar-refractivity contribution in [1.82, 2.24) is 19.6 Å². The zero-order chi connectivity index (χ0) is 37.2. The number of benzene rings is 5. The summed E-state index contributed by atoms with van der Waals surface area (Å²) in [6.45, 7) is 18.1. The van der Waals surface area contributed by atoms with Crippen LogP contribution in [0.1, 0.15) is 101 Å². The summed E-state index contributed by atoms with van der Waals surface area (Å²) in [5.74, 6) is 1.64. The molecule has 0 radical (unpaired) electrons. The maximum absolute atomic E-state index is 4.91. The summed E-state index contributed by atoms with van der Waals surface area (Å²) in [7, 11) is 0. The van der Waals surface area contributed by atoms with E-state index in [4.69, 9.17) is 10.2 Å². The van der Waals surface area contributed by atoms with Gasteiger partial charge in [0.1, 0.15) is 0 Å². The first-order chi connectivity index (χ1) is 25.6. The highest BCUT2D eigenvalue weighted by Crippen LogP contribution is 2.40. The molecular formula is C48H51N5. The number of nitrogens with zero attached hydrogens (tertiary/aromatic N) is 5. The molecule has 7 rings (SSSR count). The maximum Gasteiger partial charge on any atom is 0.0666 e. The average molecular weight is 698 g/mol. The van der Waals surface area contributed by atoms with Crippen molar-refractivity contribution < 1.29 is 0 Å². The monoisotopic (exact) mass is 697 g/mol. The van der Waals surface area contributed by atoms with Gasteiger partial charge in [-0.2, -0.15) is 10.2 Å². The van der Waals surface area contributed by atoms with E-state index in [-0.39, 0.29) is 0 Å². The third-order valence-electron chi connectivity index (χ3n) is 10.2. The van der Waals surface area contributed by atoms with Gasteiger partial charge in [0.05, 0.1) is 23.8 Å². The molecule has 0 aliphatic rings. The van der Waals surface area contributed by atoms with E-state index >= 15 is 0 Å². The number of para-hydroxylation sites is 1. The molecule has 2 heterocycles. The molecule has 0 bridgehead atoms. The van der Waals surface area contributed by atoms with Gasteiger partial charge in [-0.1, -0.05) is 122 Å². The van der Waals surface area contributed by atoms with Crippen LogP contribution in [0.2, 0.25) is 0 Å². The van der Waals surface area contributed by atoms with Gasteiger partial charge in [0, 0.05) is 40.6 Å². The van der Waals surface area contributed by atoms with Crippen molar-refractivity contribution in [3.05, 3.63) is 162 Å². The molecule has 0 unspecified atom stereocenters. The van der Waals surface area contributed by atoms with E-state index in [2.05, 4.69) is 188 Å². The summed E-state index contributed by atoms with van der Waals surface area (Å²) < 4.78 is 4.01. The highest BCUT2D eigenvalue weighted by atomic mass is 15.3. The zero-order valence-electron chi connectivity index (χ0n) is 32.3. The molecule has 0 saturated carbocycles. The minimum absolute atomic E-state index is 0.410. The SMILES string of the molecule is CC(C)c1cccc(C(C)C)c1-c1cnn(-c2cccc(N(c3ccccc3)c3cccc(-n4cc(-c5c(C(C)C)cccc5C(C)C)cn4)c3)c2)c1. The minimum atomic E-state index is 0.410. The van der Waals surface area contributed by atoms with Gasteiger partial charge in [-0.15, -0.1) is 0 Å². The third kappa shape index (κ3) is 7.21. The van der Waals surface area contributed by atoms with Crippen molar-refractivity contribution in [2.75, 3.05) is 4.90 Å². The van der Waals surface area contributed by atoms with Crippen molar-refractivity contribution in [3.63, 3.8) is 0 Å². The van der Waals surface area contributed by atoms with Crippen LogP contribution in [0.5, 0.6) is 0 Å². The van der Waals surface area contributed by atoms with E-state index in [1.54, 1.807) is 0 Å². The number of aromatic nitrogens is 4. The van der Waals surface area contributed by atoms with Crippen molar-refractivity contribution in [2.45, 2.75) is 79.1 Å². The Morgan fingerprint density at radius 2 is 0.774 bits per heavy atom. The Balaban J connectivity index is 1.28. The van der Waals surface area contributed by atoms with Crippen LogP contribution >= 0.6 is 0 Å². The predicted octanol–water partition coefficient (Wildman–Crippen LogP) is 13.4. The molecule has 0 amide bonds. The highest BCUT2D eigenvalue weighted by Gasteiger charge is 2.20. The van der Waals surface area contributed by atoms with Crippen LogP contribution in [0.15, 0.2) is 140 Å². The van der Waals surface area contributed by atoms with Gasteiger partial charge >= 0.3 is 0 Å². The Labute approximate surface area is 315 Å². The van der Waals surface area contributed by atoms with Gasteiger partial charge in [-0.25, -0.2) is 9.36 Å². The summed E-state index contributed by atoms with van der Waals surface area (Å²) in [6, 6.07) is 41.2. The van der Waals surface area contributed by atoms with E-state index in [1.165, 1.54) is 33.4 Å². The molecule has 7 aromatic rings. The lowest BCUT2D eigenvalue weighted by Crippen LogP contribution is -2.11. The molecule has 5 nitrogen and oxygen atoms in total. The Kier molecular flexibility index (Phi) is 10.2. The van der Waals surface area contributed by atoms with Gasteiger partial charge in [0.2, 0.25) is 0 Å². The predicted molar refractivity (Wildman–Crippen MR) is 223 cm³/mol. The van der Waals surface area contributed by atoms with Crippen LogP contribution < -0.4 is 4.90 Å². The molecule has 0 atom stereocenters. The molecule has 268 valence electrons. The van der Waals surface area contributed by atoms with E-state index in [1.807, 2.05) is 21.8 Å². The largest absolute Gasteiger partial charge is 0.310 e. The Morgan fingerprint density at radius 1 is 0.415 bits per heavy atom. The van der Waals surface area contributed by atoms with Crippen LogP contribution in [0.25, 0.3) is 33.6 Å². The lowest BCUT2D eigenvalue weighted by atomic mass is 9.86. The van der Waals surface area contributed by atoms with Gasteiger partial charge < -0.3 is 4.90 Å². The molecule has 53 heavy (non-hydrogen) atoms. The van der Waals surface area contributed by atoms with Crippen molar-refractivity contribution in [2.24, 2.45) is 0 Å². The summed E-state index contributed by atoms with van der Waals surface area (Å²) in [4.78, 5) is 2.30. The van der Waals surface area contributed by atoms with Gasteiger partial charge in [0.15, 0.2) is 0 Å². The first-order valence-corrected chi connectivity index (χ1v) is 19.0. The van der Waals surface area contributed by atoms with Crippen LogP contribution in [0, 0.1) is 0 Å². The molecule has 0 fully saturated rings. The summed E-state index contributed by atoms with van der Waals surface area (Å²) in [6.07, 6.45) is 8.38. The van der Waals surface area contributed by atoms with Crippen molar-refractivity contribution in [1.29, 1.82) is 0 Å². The second kappa shape index (κ2) is 15.1. The van der Waals surface area contributed by atoms with Crippen molar-refractivity contribution in [3.8, 4) is 33.6 Å². The number of hydrogen-bond acceptors (Lipinski definition) is 3. The summed E-state index contributed by atoms with van der Waals surface area (Å²) in [5, 5.41) is 9.82. The average Bonchev–Trinajstić information content (AvgIpc) is 3.86. The molecule has 2 aromatic heterocycles. The van der Waals surface area contributed by atoms with Crippen LogP contribution in [0.3, 0.4) is 0 Å². The second-order valence-electron chi connectivity index (χ2n) is 15.3. The van der Waals surface area contributed by atoms with Gasteiger partial charge in [0.25, 0.3) is 0 Å². The van der Waals surface area contributed by atoms with E-state index in [0.29, 0.717) is 23.7 Å². The standard InChI is InChI=1S/C48H51N5/c1-32(2)43-22-14-23-44(33(3)4)47(43)36-28-49-51(30-36)39-18-12-20-41(26-39)53(38-16-10-9-11-17-38)42-21-13-19-40(27-42)52-31-37(29-50-52)48-45(34(5)6)24-15-25-46(48)35(7)8/h9-35H,1-8H3. The second-order valence-corrected chi connectivity index (χ2v) is 15.3. The molecule has 0 N–H and O–H groups in total. The molecule has 0 saturated heterocycles. The Morgan fingerprint density at radius 3 is 1.15 bits per heavy atom. The maximum atomic E-state index is 4.91. The first kappa shape index (κ1) is 35.7. The smallest absolute Gasteiger partial charge is 0.0666 e.